The summed E-state index contributed by atoms with van der Waals surface area (Å²) in [7, 11) is 0. The number of amides is 2. The van der Waals surface area contributed by atoms with Crippen molar-refractivity contribution in [3.63, 3.8) is 0 Å². The molecule has 1 atom stereocenters. The fraction of sp³-hybridized carbons (Fsp3) is 0.320. The normalized spacial score (nSPS) is 18.9. The first-order chi connectivity index (χ1) is 16.9. The molecule has 0 unspecified atom stereocenters. The Labute approximate surface area is 222 Å². The number of anilines is 1. The van der Waals surface area contributed by atoms with Gasteiger partial charge in [-0.25, -0.2) is 0 Å². The van der Waals surface area contributed by atoms with Gasteiger partial charge < -0.3 is 19.5 Å². The standard InChI is InChI=1S/C25H25BrN2O5S2/c1-2-31-21-12-16(13-22-24(30)28(25(34)35-22)14-19-4-3-11-32-19)5-10-20(21)33-15-23(29)27-18-8-6-17(26)7-9-18/h5-10,12-13,19H,2-4,11,14-15H2,1H3,(H,27,29)/b22-13-/t19-/m1/s1. The van der Waals surface area contributed by atoms with Crippen molar-refractivity contribution in [2.75, 3.05) is 31.7 Å². The number of benzene rings is 2. The number of hydrogen-bond donors (Lipinski definition) is 1. The van der Waals surface area contributed by atoms with Crippen molar-refractivity contribution in [3.8, 4) is 11.5 Å². The van der Waals surface area contributed by atoms with Gasteiger partial charge in [-0.2, -0.15) is 0 Å². The molecule has 2 aliphatic rings. The van der Waals surface area contributed by atoms with Gasteiger partial charge in [-0.15, -0.1) is 0 Å². The average molecular weight is 578 g/mol. The maximum atomic E-state index is 12.9. The van der Waals surface area contributed by atoms with Crippen LogP contribution < -0.4 is 14.8 Å². The number of carbonyl (C=O) groups excluding carboxylic acids is 2. The van der Waals surface area contributed by atoms with Gasteiger partial charge in [0.2, 0.25) is 0 Å². The summed E-state index contributed by atoms with van der Waals surface area (Å²) in [6.07, 6.45) is 3.78. The minimum atomic E-state index is -0.284. The average Bonchev–Trinajstić information content (AvgIpc) is 3.44. The Morgan fingerprint density at radius 3 is 2.77 bits per heavy atom. The molecule has 2 fully saturated rings. The van der Waals surface area contributed by atoms with Crippen molar-refractivity contribution in [2.24, 2.45) is 0 Å². The third-order valence-electron chi connectivity index (χ3n) is 5.34. The van der Waals surface area contributed by atoms with E-state index in [9.17, 15) is 9.59 Å². The Kier molecular flexibility index (Phi) is 8.83. The van der Waals surface area contributed by atoms with E-state index < -0.39 is 0 Å². The van der Waals surface area contributed by atoms with Gasteiger partial charge >= 0.3 is 0 Å². The molecule has 2 aromatic rings. The first kappa shape index (κ1) is 25.7. The number of thioether (sulfide) groups is 1. The lowest BCUT2D eigenvalue weighted by molar-refractivity contribution is -0.123. The summed E-state index contributed by atoms with van der Waals surface area (Å²) in [5.74, 6) is 0.542. The molecule has 184 valence electrons. The van der Waals surface area contributed by atoms with Gasteiger partial charge in [0.05, 0.1) is 24.2 Å². The van der Waals surface area contributed by atoms with Crippen LogP contribution in [0.2, 0.25) is 0 Å². The van der Waals surface area contributed by atoms with Crippen LogP contribution in [-0.4, -0.2) is 53.5 Å². The zero-order valence-electron chi connectivity index (χ0n) is 19.1. The highest BCUT2D eigenvalue weighted by molar-refractivity contribution is 9.10. The van der Waals surface area contributed by atoms with E-state index in [0.717, 1.165) is 29.5 Å². The third kappa shape index (κ3) is 6.84. The van der Waals surface area contributed by atoms with Crippen molar-refractivity contribution in [1.29, 1.82) is 0 Å². The number of halogens is 1. The monoisotopic (exact) mass is 576 g/mol. The Hall–Kier alpha value is -2.40. The van der Waals surface area contributed by atoms with Gasteiger partial charge in [0.15, 0.2) is 18.1 Å². The van der Waals surface area contributed by atoms with E-state index in [1.54, 1.807) is 35.2 Å². The smallest absolute Gasteiger partial charge is 0.266 e. The van der Waals surface area contributed by atoms with Crippen LogP contribution in [0.3, 0.4) is 0 Å². The quantitative estimate of drug-likeness (QED) is 0.323. The van der Waals surface area contributed by atoms with Crippen LogP contribution >= 0.6 is 39.9 Å². The molecule has 0 aromatic heterocycles. The molecule has 4 rings (SSSR count). The van der Waals surface area contributed by atoms with Crippen LogP contribution in [-0.2, 0) is 14.3 Å². The summed E-state index contributed by atoms with van der Waals surface area (Å²) in [6, 6.07) is 12.6. The molecule has 0 spiro atoms. The van der Waals surface area contributed by atoms with Gasteiger partial charge in [0, 0.05) is 16.8 Å². The molecular formula is C25H25BrN2O5S2. The van der Waals surface area contributed by atoms with Crippen LogP contribution in [0.4, 0.5) is 5.69 Å². The molecule has 2 saturated heterocycles. The van der Waals surface area contributed by atoms with E-state index in [1.165, 1.54) is 11.8 Å². The molecule has 7 nitrogen and oxygen atoms in total. The summed E-state index contributed by atoms with van der Waals surface area (Å²) >= 11 is 10.1. The van der Waals surface area contributed by atoms with E-state index in [2.05, 4.69) is 21.2 Å². The zero-order valence-corrected chi connectivity index (χ0v) is 22.3. The molecule has 2 amide bonds. The number of thiocarbonyl (C=S) groups is 1. The summed E-state index contributed by atoms with van der Waals surface area (Å²) in [4.78, 5) is 27.4. The summed E-state index contributed by atoms with van der Waals surface area (Å²) in [5, 5.41) is 2.79. The van der Waals surface area contributed by atoms with E-state index in [0.29, 0.717) is 39.6 Å². The third-order valence-corrected chi connectivity index (χ3v) is 7.24. The predicted molar refractivity (Wildman–Crippen MR) is 145 cm³/mol. The van der Waals surface area contributed by atoms with Crippen molar-refractivity contribution >= 4 is 67.8 Å². The number of nitrogens with one attached hydrogen (secondary N) is 1. The highest BCUT2D eigenvalue weighted by Gasteiger charge is 2.34. The first-order valence-corrected chi connectivity index (χ1v) is 13.3. The predicted octanol–water partition coefficient (Wildman–Crippen LogP) is 5.25. The van der Waals surface area contributed by atoms with Crippen LogP contribution in [0.5, 0.6) is 11.5 Å². The Bertz CT molecular complexity index is 1130. The lowest BCUT2D eigenvalue weighted by Gasteiger charge is -2.18. The van der Waals surface area contributed by atoms with Crippen molar-refractivity contribution in [1.82, 2.24) is 4.90 Å². The molecular weight excluding hydrogens is 552 g/mol. The summed E-state index contributed by atoms with van der Waals surface area (Å²) in [6.45, 7) is 3.34. The van der Waals surface area contributed by atoms with E-state index >= 15 is 0 Å². The van der Waals surface area contributed by atoms with E-state index in [1.807, 2.05) is 25.1 Å². The van der Waals surface area contributed by atoms with Crippen LogP contribution in [0.15, 0.2) is 51.8 Å². The summed E-state index contributed by atoms with van der Waals surface area (Å²) in [5.41, 5.74) is 1.46. The maximum absolute atomic E-state index is 12.9. The second-order valence-electron chi connectivity index (χ2n) is 7.91. The molecule has 1 N–H and O–H groups in total. The lowest BCUT2D eigenvalue weighted by atomic mass is 10.1. The zero-order chi connectivity index (χ0) is 24.8. The number of carbonyl (C=O) groups is 2. The molecule has 2 aromatic carbocycles. The van der Waals surface area contributed by atoms with Crippen LogP contribution in [0.25, 0.3) is 6.08 Å². The van der Waals surface area contributed by atoms with E-state index in [-0.39, 0.29) is 24.5 Å². The van der Waals surface area contributed by atoms with E-state index in [4.69, 9.17) is 26.4 Å². The van der Waals surface area contributed by atoms with Gasteiger partial charge in [-0.1, -0.05) is 46.0 Å². The SMILES string of the molecule is CCOc1cc(/C=C2\SC(=S)N(C[C@H]3CCCO3)C2=O)ccc1OCC(=O)Nc1ccc(Br)cc1. The lowest BCUT2D eigenvalue weighted by Crippen LogP contribution is -2.35. The van der Waals surface area contributed by atoms with Crippen LogP contribution in [0.1, 0.15) is 25.3 Å². The topological polar surface area (TPSA) is 77.1 Å². The minimum absolute atomic E-state index is 0.0406. The largest absolute Gasteiger partial charge is 0.490 e. The van der Waals surface area contributed by atoms with Gasteiger partial charge in [-0.3, -0.25) is 14.5 Å². The molecule has 0 radical (unpaired) electrons. The van der Waals surface area contributed by atoms with Crippen molar-refractivity contribution < 1.29 is 23.8 Å². The number of ether oxygens (including phenoxy) is 3. The molecule has 35 heavy (non-hydrogen) atoms. The summed E-state index contributed by atoms with van der Waals surface area (Å²) < 4.78 is 18.6. The Balaban J connectivity index is 1.41. The minimum Gasteiger partial charge on any atom is -0.490 e. The Morgan fingerprint density at radius 1 is 1.26 bits per heavy atom. The highest BCUT2D eigenvalue weighted by Crippen LogP contribution is 2.35. The van der Waals surface area contributed by atoms with Crippen molar-refractivity contribution in [3.05, 3.63) is 57.4 Å². The number of rotatable bonds is 9. The molecule has 0 aliphatic carbocycles. The molecule has 0 bridgehead atoms. The molecule has 0 saturated carbocycles. The second kappa shape index (κ2) is 12.0. The van der Waals surface area contributed by atoms with Crippen LogP contribution in [0, 0.1) is 0 Å². The molecule has 2 heterocycles. The number of nitrogens with zero attached hydrogens (tertiary/aromatic N) is 1. The second-order valence-corrected chi connectivity index (χ2v) is 10.5. The van der Waals surface area contributed by atoms with Crippen molar-refractivity contribution in [2.45, 2.75) is 25.9 Å². The molecule has 2 aliphatic heterocycles. The fourth-order valence-corrected chi connectivity index (χ4v) is 5.22. The van der Waals surface area contributed by atoms with Gasteiger partial charge in [0.1, 0.15) is 4.32 Å². The fourth-order valence-electron chi connectivity index (χ4n) is 3.68. The van der Waals surface area contributed by atoms with Gasteiger partial charge in [-0.05, 0) is 67.8 Å². The maximum Gasteiger partial charge on any atom is 0.266 e. The number of hydrogen-bond acceptors (Lipinski definition) is 7. The van der Waals surface area contributed by atoms with Gasteiger partial charge in [0.25, 0.3) is 11.8 Å². The Morgan fingerprint density at radius 2 is 2.06 bits per heavy atom. The molecule has 10 heteroatoms. The highest BCUT2D eigenvalue weighted by atomic mass is 79.9. The first-order valence-electron chi connectivity index (χ1n) is 11.2.